The number of hydrogen-bond donors (Lipinski definition) is 0. The molecule has 2 aromatic rings. The second-order valence-corrected chi connectivity index (χ2v) is 5.88. The lowest BCUT2D eigenvalue weighted by Gasteiger charge is -2.36. The molecule has 22 heavy (non-hydrogen) atoms. The third-order valence-electron chi connectivity index (χ3n) is 4.33. The van der Waals surface area contributed by atoms with Crippen LogP contribution in [0.2, 0.25) is 0 Å². The van der Waals surface area contributed by atoms with E-state index >= 15 is 0 Å². The summed E-state index contributed by atoms with van der Waals surface area (Å²) in [4.78, 5) is 9.52. The Kier molecular flexibility index (Phi) is 4.85. The van der Waals surface area contributed by atoms with Crippen molar-refractivity contribution in [3.63, 3.8) is 0 Å². The highest BCUT2D eigenvalue weighted by atomic mass is 16.5. The standard InChI is InChI=1S/C17H24N4O/c1-3-9-20-10-12-21(13-11-20)14(2)17-18-16(19-22-17)15-7-5-4-6-8-15/h4-8,14H,3,9-13H2,1-2H3. The SMILES string of the molecule is CCCN1CCN(C(C)c2nc(-c3ccccc3)no2)CC1. The Balaban J connectivity index is 1.64. The molecule has 1 unspecified atom stereocenters. The van der Waals surface area contributed by atoms with Gasteiger partial charge in [-0.15, -0.1) is 0 Å². The number of benzene rings is 1. The van der Waals surface area contributed by atoms with Crippen molar-refractivity contribution in [1.29, 1.82) is 0 Å². The highest BCUT2D eigenvalue weighted by Gasteiger charge is 2.25. The van der Waals surface area contributed by atoms with Gasteiger partial charge in [-0.2, -0.15) is 4.98 Å². The van der Waals surface area contributed by atoms with E-state index in [1.54, 1.807) is 0 Å². The summed E-state index contributed by atoms with van der Waals surface area (Å²) >= 11 is 0. The topological polar surface area (TPSA) is 45.4 Å². The van der Waals surface area contributed by atoms with E-state index in [-0.39, 0.29) is 6.04 Å². The third kappa shape index (κ3) is 3.36. The molecule has 1 aliphatic rings. The number of nitrogens with zero attached hydrogens (tertiary/aromatic N) is 4. The van der Waals surface area contributed by atoms with Crippen LogP contribution >= 0.6 is 0 Å². The minimum atomic E-state index is 0.175. The van der Waals surface area contributed by atoms with E-state index in [0.717, 1.165) is 31.7 Å². The molecule has 0 amide bonds. The predicted molar refractivity (Wildman–Crippen MR) is 86.5 cm³/mol. The summed E-state index contributed by atoms with van der Waals surface area (Å²) in [6, 6.07) is 10.1. The molecule has 1 atom stereocenters. The van der Waals surface area contributed by atoms with Crippen molar-refractivity contribution in [3.05, 3.63) is 36.2 Å². The third-order valence-corrected chi connectivity index (χ3v) is 4.33. The van der Waals surface area contributed by atoms with Crippen molar-refractivity contribution in [2.75, 3.05) is 32.7 Å². The minimum Gasteiger partial charge on any atom is -0.337 e. The minimum absolute atomic E-state index is 0.175. The average molecular weight is 300 g/mol. The fraction of sp³-hybridized carbons (Fsp3) is 0.529. The maximum absolute atomic E-state index is 5.49. The van der Waals surface area contributed by atoms with Gasteiger partial charge >= 0.3 is 0 Å². The molecule has 1 saturated heterocycles. The molecule has 2 heterocycles. The molecule has 0 bridgehead atoms. The zero-order valence-electron chi connectivity index (χ0n) is 13.4. The van der Waals surface area contributed by atoms with Crippen molar-refractivity contribution < 1.29 is 4.52 Å². The first-order chi connectivity index (χ1) is 10.8. The van der Waals surface area contributed by atoms with Gasteiger partial charge in [0.15, 0.2) is 0 Å². The molecule has 3 rings (SSSR count). The normalized spacial score (nSPS) is 18.5. The molecule has 1 aromatic carbocycles. The molecule has 0 radical (unpaired) electrons. The summed E-state index contributed by atoms with van der Waals surface area (Å²) in [6.07, 6.45) is 1.22. The lowest BCUT2D eigenvalue weighted by Crippen LogP contribution is -2.47. The summed E-state index contributed by atoms with van der Waals surface area (Å²) in [5.41, 5.74) is 0.998. The van der Waals surface area contributed by atoms with E-state index in [1.807, 2.05) is 30.3 Å². The smallest absolute Gasteiger partial charge is 0.244 e. The molecular weight excluding hydrogens is 276 g/mol. The second kappa shape index (κ2) is 7.03. The van der Waals surface area contributed by atoms with Crippen LogP contribution in [0.15, 0.2) is 34.9 Å². The van der Waals surface area contributed by atoms with Crippen LogP contribution in [-0.4, -0.2) is 52.7 Å². The zero-order chi connectivity index (χ0) is 15.4. The van der Waals surface area contributed by atoms with Crippen LogP contribution in [0.5, 0.6) is 0 Å². The lowest BCUT2D eigenvalue weighted by atomic mass is 10.2. The Hall–Kier alpha value is -1.72. The van der Waals surface area contributed by atoms with Crippen molar-refractivity contribution in [2.45, 2.75) is 26.3 Å². The van der Waals surface area contributed by atoms with Gasteiger partial charge in [-0.05, 0) is 19.9 Å². The molecule has 5 heteroatoms. The Bertz CT molecular complexity index is 575. The molecule has 118 valence electrons. The van der Waals surface area contributed by atoms with Crippen molar-refractivity contribution in [3.8, 4) is 11.4 Å². The second-order valence-electron chi connectivity index (χ2n) is 5.88. The van der Waals surface area contributed by atoms with Crippen molar-refractivity contribution in [1.82, 2.24) is 19.9 Å². The van der Waals surface area contributed by atoms with Crippen LogP contribution in [0.4, 0.5) is 0 Å². The zero-order valence-corrected chi connectivity index (χ0v) is 13.4. The van der Waals surface area contributed by atoms with Gasteiger partial charge < -0.3 is 9.42 Å². The van der Waals surface area contributed by atoms with Gasteiger partial charge in [0, 0.05) is 31.7 Å². The quantitative estimate of drug-likeness (QED) is 0.849. The number of rotatable bonds is 5. The first-order valence-corrected chi connectivity index (χ1v) is 8.13. The fourth-order valence-electron chi connectivity index (χ4n) is 2.96. The van der Waals surface area contributed by atoms with Crippen LogP contribution in [0, 0.1) is 0 Å². The number of hydrogen-bond acceptors (Lipinski definition) is 5. The molecule has 0 aliphatic carbocycles. The lowest BCUT2D eigenvalue weighted by molar-refractivity contribution is 0.0885. The summed E-state index contributed by atoms with van der Waals surface area (Å²) < 4.78 is 5.49. The van der Waals surface area contributed by atoms with Crippen LogP contribution in [0.1, 0.15) is 32.2 Å². The van der Waals surface area contributed by atoms with Gasteiger partial charge in [-0.3, -0.25) is 4.90 Å². The maximum atomic E-state index is 5.49. The Labute approximate surface area is 131 Å². The predicted octanol–water partition coefficient (Wildman–Crippen LogP) is 2.83. The van der Waals surface area contributed by atoms with E-state index in [4.69, 9.17) is 4.52 Å². The van der Waals surface area contributed by atoms with Crippen molar-refractivity contribution >= 4 is 0 Å². The molecule has 0 saturated carbocycles. The number of aromatic nitrogens is 2. The van der Waals surface area contributed by atoms with E-state index in [1.165, 1.54) is 13.0 Å². The Morgan fingerprint density at radius 3 is 2.55 bits per heavy atom. The van der Waals surface area contributed by atoms with Crippen LogP contribution in [0.25, 0.3) is 11.4 Å². The molecule has 5 nitrogen and oxygen atoms in total. The van der Waals surface area contributed by atoms with Gasteiger partial charge in [0.1, 0.15) is 0 Å². The molecule has 1 aromatic heterocycles. The van der Waals surface area contributed by atoms with Gasteiger partial charge in [-0.25, -0.2) is 0 Å². The van der Waals surface area contributed by atoms with Crippen molar-refractivity contribution in [2.24, 2.45) is 0 Å². The van der Waals surface area contributed by atoms with Crippen LogP contribution in [0.3, 0.4) is 0 Å². The first-order valence-electron chi connectivity index (χ1n) is 8.13. The molecule has 0 spiro atoms. The average Bonchev–Trinajstić information content (AvgIpc) is 3.06. The maximum Gasteiger partial charge on any atom is 0.244 e. The number of piperazine rings is 1. The molecular formula is C17H24N4O. The highest BCUT2D eigenvalue weighted by Crippen LogP contribution is 2.23. The Morgan fingerprint density at radius 2 is 1.86 bits per heavy atom. The fourth-order valence-corrected chi connectivity index (χ4v) is 2.96. The van der Waals surface area contributed by atoms with Gasteiger partial charge in [0.05, 0.1) is 6.04 Å². The largest absolute Gasteiger partial charge is 0.337 e. The first kappa shape index (κ1) is 15.2. The monoisotopic (exact) mass is 300 g/mol. The van der Waals surface area contributed by atoms with Crippen LogP contribution in [-0.2, 0) is 0 Å². The summed E-state index contributed by atoms with van der Waals surface area (Å²) in [5, 5.41) is 4.12. The van der Waals surface area contributed by atoms with E-state index < -0.39 is 0 Å². The van der Waals surface area contributed by atoms with E-state index in [2.05, 4.69) is 33.8 Å². The van der Waals surface area contributed by atoms with E-state index in [0.29, 0.717) is 11.7 Å². The van der Waals surface area contributed by atoms with Gasteiger partial charge in [0.25, 0.3) is 0 Å². The van der Waals surface area contributed by atoms with Gasteiger partial charge in [-0.1, -0.05) is 42.4 Å². The molecule has 1 aliphatic heterocycles. The molecule has 1 fully saturated rings. The van der Waals surface area contributed by atoms with Crippen LogP contribution < -0.4 is 0 Å². The van der Waals surface area contributed by atoms with E-state index in [9.17, 15) is 0 Å². The summed E-state index contributed by atoms with van der Waals surface area (Å²) in [5.74, 6) is 1.38. The summed E-state index contributed by atoms with van der Waals surface area (Å²) in [6.45, 7) is 9.95. The molecule has 0 N–H and O–H groups in total. The Morgan fingerprint density at radius 1 is 1.14 bits per heavy atom. The summed E-state index contributed by atoms with van der Waals surface area (Å²) in [7, 11) is 0. The highest BCUT2D eigenvalue weighted by molar-refractivity contribution is 5.53. The van der Waals surface area contributed by atoms with Gasteiger partial charge in [0.2, 0.25) is 11.7 Å².